The lowest BCUT2D eigenvalue weighted by molar-refractivity contribution is 0.0907. The third-order valence-electron chi connectivity index (χ3n) is 3.17. The van der Waals surface area contributed by atoms with Crippen molar-refractivity contribution in [3.05, 3.63) is 17.7 Å². The van der Waals surface area contributed by atoms with Gasteiger partial charge in [-0.05, 0) is 26.8 Å². The normalized spacial score (nSPS) is 11.0. The summed E-state index contributed by atoms with van der Waals surface area (Å²) in [6.07, 6.45) is 0.675. The molecule has 0 aliphatic heterocycles. The maximum absolute atomic E-state index is 12.5. The number of methoxy groups -OCH3 is 3. The van der Waals surface area contributed by atoms with Crippen molar-refractivity contribution in [1.82, 2.24) is 5.32 Å². The largest absolute Gasteiger partial charge is 0.496 e. The van der Waals surface area contributed by atoms with Crippen molar-refractivity contribution in [3.63, 3.8) is 0 Å². The Morgan fingerprint density at radius 2 is 1.62 bits per heavy atom. The fraction of sp³-hybridized carbons (Fsp3) is 0.533. The molecule has 0 saturated carbocycles. The highest BCUT2D eigenvalue weighted by atomic mass is 16.5. The Morgan fingerprint density at radius 1 is 1.10 bits per heavy atom. The van der Waals surface area contributed by atoms with Crippen LogP contribution in [0.15, 0.2) is 12.1 Å². The van der Waals surface area contributed by atoms with Gasteiger partial charge in [-0.15, -0.1) is 0 Å². The summed E-state index contributed by atoms with van der Waals surface area (Å²) in [7, 11) is 4.55. The lowest BCUT2D eigenvalue weighted by Crippen LogP contribution is -2.44. The molecule has 118 valence electrons. The van der Waals surface area contributed by atoms with Crippen molar-refractivity contribution in [2.75, 3.05) is 27.9 Å². The van der Waals surface area contributed by atoms with Crippen molar-refractivity contribution >= 4 is 5.91 Å². The van der Waals surface area contributed by atoms with Crippen LogP contribution in [-0.4, -0.2) is 39.3 Å². The molecule has 0 spiro atoms. The predicted molar refractivity (Wildman–Crippen MR) is 81.3 cm³/mol. The fourth-order valence-corrected chi connectivity index (χ4v) is 2.00. The molecule has 0 aliphatic rings. The van der Waals surface area contributed by atoms with Crippen LogP contribution >= 0.6 is 0 Å². The van der Waals surface area contributed by atoms with Crippen LogP contribution in [0.3, 0.4) is 0 Å². The number of nitrogens with two attached hydrogens (primary N) is 1. The van der Waals surface area contributed by atoms with E-state index in [0.717, 1.165) is 0 Å². The molecule has 1 aromatic carbocycles. The standard InChI is InChI=1S/C15H24N2O4/c1-15(2,6-7-16)17-14(18)10-8-12(20-4)13(21-5)9-11(10)19-3/h8-9H,6-7,16H2,1-5H3,(H,17,18). The number of rotatable bonds is 7. The first-order valence-corrected chi connectivity index (χ1v) is 6.71. The molecule has 6 nitrogen and oxygen atoms in total. The molecule has 0 fully saturated rings. The molecule has 0 atom stereocenters. The Bertz CT molecular complexity index is 501. The van der Waals surface area contributed by atoms with Crippen LogP contribution in [0.5, 0.6) is 17.2 Å². The topological polar surface area (TPSA) is 82.8 Å². The maximum atomic E-state index is 12.5. The minimum atomic E-state index is -0.399. The van der Waals surface area contributed by atoms with E-state index in [1.165, 1.54) is 21.3 Å². The lowest BCUT2D eigenvalue weighted by Gasteiger charge is -2.26. The van der Waals surface area contributed by atoms with Crippen LogP contribution < -0.4 is 25.3 Å². The average Bonchev–Trinajstić information content (AvgIpc) is 2.44. The van der Waals surface area contributed by atoms with Gasteiger partial charge in [0, 0.05) is 17.7 Å². The number of amides is 1. The van der Waals surface area contributed by atoms with Crippen LogP contribution in [0.4, 0.5) is 0 Å². The fourth-order valence-electron chi connectivity index (χ4n) is 2.00. The second kappa shape index (κ2) is 7.17. The molecule has 0 aliphatic carbocycles. The van der Waals surface area contributed by atoms with Gasteiger partial charge in [-0.3, -0.25) is 4.79 Å². The van der Waals surface area contributed by atoms with Crippen molar-refractivity contribution in [1.29, 1.82) is 0 Å². The molecule has 0 aromatic heterocycles. The first kappa shape index (κ1) is 17.1. The average molecular weight is 296 g/mol. The van der Waals surface area contributed by atoms with E-state index in [2.05, 4.69) is 5.32 Å². The van der Waals surface area contributed by atoms with Crippen LogP contribution in [0.2, 0.25) is 0 Å². The zero-order chi connectivity index (χ0) is 16.0. The number of hydrogen-bond acceptors (Lipinski definition) is 5. The molecular formula is C15H24N2O4. The smallest absolute Gasteiger partial charge is 0.255 e. The summed E-state index contributed by atoms with van der Waals surface area (Å²) in [5.41, 5.74) is 5.55. The van der Waals surface area contributed by atoms with Gasteiger partial charge in [-0.1, -0.05) is 0 Å². The molecule has 0 bridgehead atoms. The van der Waals surface area contributed by atoms with Gasteiger partial charge >= 0.3 is 0 Å². The van der Waals surface area contributed by atoms with E-state index < -0.39 is 5.54 Å². The summed E-state index contributed by atoms with van der Waals surface area (Å²) in [6.45, 7) is 4.34. The summed E-state index contributed by atoms with van der Waals surface area (Å²) < 4.78 is 15.7. The van der Waals surface area contributed by atoms with Gasteiger partial charge in [0.05, 0.1) is 26.9 Å². The Hall–Kier alpha value is -1.95. The second-order valence-corrected chi connectivity index (χ2v) is 5.28. The minimum Gasteiger partial charge on any atom is -0.496 e. The first-order chi connectivity index (χ1) is 9.88. The third-order valence-corrected chi connectivity index (χ3v) is 3.17. The SMILES string of the molecule is COc1cc(OC)c(C(=O)NC(C)(C)CCN)cc1OC. The van der Waals surface area contributed by atoms with Crippen molar-refractivity contribution in [2.45, 2.75) is 25.8 Å². The molecule has 1 amide bonds. The van der Waals surface area contributed by atoms with E-state index in [1.807, 2.05) is 13.8 Å². The van der Waals surface area contributed by atoms with Crippen LogP contribution in [-0.2, 0) is 0 Å². The lowest BCUT2D eigenvalue weighted by atomic mass is 10.00. The molecule has 0 heterocycles. The van der Waals surface area contributed by atoms with Gasteiger partial charge in [0.1, 0.15) is 5.75 Å². The van der Waals surface area contributed by atoms with Crippen LogP contribution in [0.1, 0.15) is 30.6 Å². The third kappa shape index (κ3) is 4.26. The van der Waals surface area contributed by atoms with Crippen LogP contribution in [0.25, 0.3) is 0 Å². The molecular weight excluding hydrogens is 272 g/mol. The van der Waals surface area contributed by atoms with Crippen molar-refractivity contribution < 1.29 is 19.0 Å². The quantitative estimate of drug-likeness (QED) is 0.798. The summed E-state index contributed by atoms with van der Waals surface area (Å²) in [6, 6.07) is 3.23. The van der Waals surface area contributed by atoms with E-state index >= 15 is 0 Å². The molecule has 21 heavy (non-hydrogen) atoms. The number of carbonyl (C=O) groups is 1. The van der Waals surface area contributed by atoms with Gasteiger partial charge in [-0.2, -0.15) is 0 Å². The highest BCUT2D eigenvalue weighted by Crippen LogP contribution is 2.34. The molecule has 0 unspecified atom stereocenters. The molecule has 0 radical (unpaired) electrons. The highest BCUT2D eigenvalue weighted by molar-refractivity contribution is 5.98. The summed E-state index contributed by atoms with van der Waals surface area (Å²) in [5.74, 6) is 1.16. The van der Waals surface area contributed by atoms with Gasteiger partial charge in [0.25, 0.3) is 5.91 Å². The zero-order valence-corrected chi connectivity index (χ0v) is 13.3. The van der Waals surface area contributed by atoms with E-state index in [-0.39, 0.29) is 5.91 Å². The van der Waals surface area contributed by atoms with Crippen LogP contribution in [0, 0.1) is 0 Å². The zero-order valence-electron chi connectivity index (χ0n) is 13.3. The predicted octanol–water partition coefficient (Wildman–Crippen LogP) is 1.57. The van der Waals surface area contributed by atoms with E-state index in [0.29, 0.717) is 35.8 Å². The monoisotopic (exact) mass is 296 g/mol. The Labute approximate surface area is 125 Å². The Morgan fingerprint density at radius 3 is 2.10 bits per heavy atom. The van der Waals surface area contributed by atoms with Crippen molar-refractivity contribution in [2.24, 2.45) is 5.73 Å². The summed E-state index contributed by atoms with van der Waals surface area (Å²) in [4.78, 5) is 12.5. The summed E-state index contributed by atoms with van der Waals surface area (Å²) >= 11 is 0. The van der Waals surface area contributed by atoms with E-state index in [4.69, 9.17) is 19.9 Å². The number of nitrogens with one attached hydrogen (secondary N) is 1. The van der Waals surface area contributed by atoms with Gasteiger partial charge < -0.3 is 25.3 Å². The number of benzene rings is 1. The molecule has 6 heteroatoms. The molecule has 1 aromatic rings. The highest BCUT2D eigenvalue weighted by Gasteiger charge is 2.24. The number of hydrogen-bond donors (Lipinski definition) is 2. The summed E-state index contributed by atoms with van der Waals surface area (Å²) in [5, 5.41) is 2.94. The van der Waals surface area contributed by atoms with Crippen molar-refractivity contribution in [3.8, 4) is 17.2 Å². The molecule has 1 rings (SSSR count). The van der Waals surface area contributed by atoms with Gasteiger partial charge in [-0.25, -0.2) is 0 Å². The number of carbonyl (C=O) groups excluding carboxylic acids is 1. The first-order valence-electron chi connectivity index (χ1n) is 6.71. The minimum absolute atomic E-state index is 0.244. The maximum Gasteiger partial charge on any atom is 0.255 e. The Kier molecular flexibility index (Phi) is 5.84. The van der Waals surface area contributed by atoms with E-state index in [1.54, 1.807) is 12.1 Å². The molecule has 3 N–H and O–H groups in total. The van der Waals surface area contributed by atoms with E-state index in [9.17, 15) is 4.79 Å². The second-order valence-electron chi connectivity index (χ2n) is 5.28. The Balaban J connectivity index is 3.13. The van der Waals surface area contributed by atoms with Gasteiger partial charge in [0.15, 0.2) is 11.5 Å². The van der Waals surface area contributed by atoms with Gasteiger partial charge in [0.2, 0.25) is 0 Å². The molecule has 0 saturated heterocycles. The number of ether oxygens (including phenoxy) is 3.